The van der Waals surface area contributed by atoms with Crippen molar-refractivity contribution in [2.45, 2.75) is 46.4 Å². The summed E-state index contributed by atoms with van der Waals surface area (Å²) in [5.74, 6) is -0.469. The van der Waals surface area contributed by atoms with Gasteiger partial charge < -0.3 is 14.4 Å². The van der Waals surface area contributed by atoms with Crippen molar-refractivity contribution in [3.8, 4) is 0 Å². The number of nitrogens with zero attached hydrogens (tertiary/aromatic N) is 4. The molecule has 1 amide bonds. The van der Waals surface area contributed by atoms with E-state index in [0.717, 1.165) is 11.3 Å². The van der Waals surface area contributed by atoms with Gasteiger partial charge in [-0.3, -0.25) is 15.0 Å². The van der Waals surface area contributed by atoms with Gasteiger partial charge in [0.05, 0.1) is 34.4 Å². The number of allylic oxidation sites excluding steroid dienone is 1. The Hall–Kier alpha value is -4.99. The Morgan fingerprint density at radius 1 is 0.976 bits per heavy atom. The minimum Gasteiger partial charge on any atom is -0.459 e. The Labute approximate surface area is 245 Å². The average molecular weight is 571 g/mol. The third-order valence-corrected chi connectivity index (χ3v) is 6.71. The van der Waals surface area contributed by atoms with Gasteiger partial charge in [-0.1, -0.05) is 60.7 Å². The van der Waals surface area contributed by atoms with E-state index in [1.165, 1.54) is 23.1 Å². The molecule has 3 aromatic carbocycles. The molecule has 0 fully saturated rings. The fraction of sp³-hybridized carbons (Fsp3) is 0.281. The van der Waals surface area contributed by atoms with Gasteiger partial charge >= 0.3 is 12.1 Å². The van der Waals surface area contributed by atoms with Gasteiger partial charge in [0.25, 0.3) is 5.69 Å². The van der Waals surface area contributed by atoms with E-state index in [1.54, 1.807) is 33.8 Å². The van der Waals surface area contributed by atoms with E-state index in [0.29, 0.717) is 18.8 Å². The number of aliphatic imine (C=N–C) groups is 1. The third-order valence-electron chi connectivity index (χ3n) is 6.71. The Kier molecular flexibility index (Phi) is 9.69. The highest BCUT2D eigenvalue weighted by Crippen LogP contribution is 2.40. The van der Waals surface area contributed by atoms with Crippen molar-refractivity contribution in [1.82, 2.24) is 4.90 Å². The molecule has 0 saturated carbocycles. The van der Waals surface area contributed by atoms with E-state index < -0.39 is 29.1 Å². The van der Waals surface area contributed by atoms with Crippen LogP contribution in [0.5, 0.6) is 0 Å². The summed E-state index contributed by atoms with van der Waals surface area (Å²) < 4.78 is 11.2. The number of nitro groups is 1. The monoisotopic (exact) mass is 570 g/mol. The number of hydrogen-bond acceptors (Lipinski definition) is 8. The molecule has 3 aromatic rings. The van der Waals surface area contributed by atoms with Gasteiger partial charge in [0.15, 0.2) is 0 Å². The first kappa shape index (κ1) is 30.0. The van der Waals surface area contributed by atoms with E-state index in [9.17, 15) is 19.7 Å². The van der Waals surface area contributed by atoms with Crippen LogP contribution in [0, 0.1) is 10.1 Å². The smallest absolute Gasteiger partial charge is 0.416 e. The molecule has 1 aliphatic heterocycles. The van der Waals surface area contributed by atoms with Crippen LogP contribution in [-0.2, 0) is 20.8 Å². The predicted octanol–water partition coefficient (Wildman–Crippen LogP) is 6.44. The fourth-order valence-electron chi connectivity index (χ4n) is 4.88. The number of para-hydroxylation sites is 2. The Morgan fingerprint density at radius 3 is 2.24 bits per heavy atom. The molecule has 0 saturated heterocycles. The molecule has 0 aliphatic carbocycles. The van der Waals surface area contributed by atoms with Crippen LogP contribution in [0.25, 0.3) is 0 Å². The van der Waals surface area contributed by atoms with Crippen molar-refractivity contribution in [2.75, 3.05) is 18.1 Å². The van der Waals surface area contributed by atoms with Crippen LogP contribution in [0.1, 0.15) is 44.9 Å². The maximum atomic E-state index is 13.7. The topological polar surface area (TPSA) is 115 Å². The summed E-state index contributed by atoms with van der Waals surface area (Å²) in [5.41, 5.74) is 2.31. The van der Waals surface area contributed by atoms with Crippen LogP contribution >= 0.6 is 0 Å². The van der Waals surface area contributed by atoms with Gasteiger partial charge in [-0.05, 0) is 51.5 Å². The average Bonchev–Trinajstić information content (AvgIpc) is 2.96. The number of esters is 1. The summed E-state index contributed by atoms with van der Waals surface area (Å²) in [6.07, 6.45) is -1.24. The van der Waals surface area contributed by atoms with Crippen LogP contribution in [0.15, 0.2) is 101 Å². The number of amidine groups is 1. The molecular weight excluding hydrogens is 536 g/mol. The summed E-state index contributed by atoms with van der Waals surface area (Å²) in [4.78, 5) is 46.2. The lowest BCUT2D eigenvalue weighted by atomic mass is 9.92. The van der Waals surface area contributed by atoms with Gasteiger partial charge in [-0.2, -0.15) is 0 Å². The lowest BCUT2D eigenvalue weighted by molar-refractivity contribution is -0.385. The minimum atomic E-state index is -1.17. The molecule has 1 aliphatic rings. The summed E-state index contributed by atoms with van der Waals surface area (Å²) in [5, 5.41) is 12.0. The number of nitro benzene ring substituents is 1. The highest BCUT2D eigenvalue weighted by atomic mass is 16.6. The normalized spacial score (nSPS) is 14.8. The number of rotatable bonds is 10. The zero-order valence-electron chi connectivity index (χ0n) is 24.1. The second kappa shape index (κ2) is 13.6. The lowest BCUT2D eigenvalue weighted by Crippen LogP contribution is -2.44. The first-order valence-electron chi connectivity index (χ1n) is 13.7. The van der Waals surface area contributed by atoms with Crippen LogP contribution in [-0.4, -0.2) is 47.0 Å². The molecule has 10 heteroatoms. The molecule has 1 heterocycles. The van der Waals surface area contributed by atoms with Crippen LogP contribution in [0.4, 0.5) is 16.2 Å². The van der Waals surface area contributed by atoms with E-state index >= 15 is 0 Å². The maximum Gasteiger partial charge on any atom is 0.416 e. The summed E-state index contributed by atoms with van der Waals surface area (Å²) in [7, 11) is 0. The Bertz CT molecular complexity index is 1490. The second-order valence-corrected chi connectivity index (χ2v) is 10.1. The number of carbonyl (C=O) groups is 2. The second-order valence-electron chi connectivity index (χ2n) is 10.1. The van der Waals surface area contributed by atoms with Crippen LogP contribution < -0.4 is 4.90 Å². The van der Waals surface area contributed by atoms with Crippen LogP contribution in [0.3, 0.4) is 0 Å². The molecule has 0 spiro atoms. The number of amides is 1. The predicted molar refractivity (Wildman–Crippen MR) is 160 cm³/mol. The summed E-state index contributed by atoms with van der Waals surface area (Å²) >= 11 is 0. The van der Waals surface area contributed by atoms with Gasteiger partial charge in [0, 0.05) is 18.3 Å². The highest BCUT2D eigenvalue weighted by molar-refractivity contribution is 6.01. The zero-order chi connectivity index (χ0) is 30.2. The van der Waals surface area contributed by atoms with Gasteiger partial charge in [0.2, 0.25) is 0 Å². The Balaban J connectivity index is 1.63. The molecule has 1 unspecified atom stereocenters. The van der Waals surface area contributed by atoms with Crippen molar-refractivity contribution in [2.24, 2.45) is 4.99 Å². The minimum absolute atomic E-state index is 0.0163. The SMILES string of the molecule is CC1=NC(C)=C(C(=O)OC(C)C)C(c2ccccc2[N+](=O)[O-])N1C(=O)OCCN(Cc1ccccc1)c1ccccc1. The van der Waals surface area contributed by atoms with Gasteiger partial charge in [-0.25, -0.2) is 14.6 Å². The first-order valence-corrected chi connectivity index (χ1v) is 13.7. The first-order chi connectivity index (χ1) is 20.2. The highest BCUT2D eigenvalue weighted by Gasteiger charge is 2.42. The Morgan fingerprint density at radius 2 is 1.60 bits per heavy atom. The van der Waals surface area contributed by atoms with Crippen molar-refractivity contribution in [3.05, 3.63) is 117 Å². The van der Waals surface area contributed by atoms with Gasteiger partial charge in [-0.15, -0.1) is 0 Å². The molecule has 0 N–H and O–H groups in total. The van der Waals surface area contributed by atoms with E-state index in [-0.39, 0.29) is 29.3 Å². The number of benzene rings is 3. The standard InChI is InChI=1S/C32H34N4O6/c1-22(2)42-31(37)29-23(3)33-24(4)35(30(29)27-17-11-12-18-28(27)36(39)40)32(38)41-20-19-34(26-15-9-6-10-16-26)21-25-13-7-5-8-14-25/h5-18,22,30H,19-21H2,1-4H3. The molecule has 10 nitrogen and oxygen atoms in total. The molecule has 0 bridgehead atoms. The molecule has 1 atom stereocenters. The molecule has 42 heavy (non-hydrogen) atoms. The van der Waals surface area contributed by atoms with E-state index in [4.69, 9.17) is 9.47 Å². The molecule has 218 valence electrons. The summed E-state index contributed by atoms with van der Waals surface area (Å²) in [6, 6.07) is 24.6. The van der Waals surface area contributed by atoms with Crippen molar-refractivity contribution < 1.29 is 24.0 Å². The number of hydrogen-bond donors (Lipinski definition) is 0. The molecule has 0 aromatic heterocycles. The number of anilines is 1. The van der Waals surface area contributed by atoms with Gasteiger partial charge in [0.1, 0.15) is 18.5 Å². The van der Waals surface area contributed by atoms with Crippen molar-refractivity contribution in [3.63, 3.8) is 0 Å². The van der Waals surface area contributed by atoms with Crippen molar-refractivity contribution in [1.29, 1.82) is 0 Å². The molecular formula is C32H34N4O6. The molecule has 0 radical (unpaired) electrons. The zero-order valence-corrected chi connectivity index (χ0v) is 24.1. The van der Waals surface area contributed by atoms with E-state index in [2.05, 4.69) is 9.89 Å². The largest absolute Gasteiger partial charge is 0.459 e. The number of ether oxygens (including phenoxy) is 2. The fourth-order valence-corrected chi connectivity index (χ4v) is 4.88. The summed E-state index contributed by atoms with van der Waals surface area (Å²) in [6.45, 7) is 7.61. The maximum absolute atomic E-state index is 13.7. The van der Waals surface area contributed by atoms with Crippen LogP contribution in [0.2, 0.25) is 0 Å². The van der Waals surface area contributed by atoms with E-state index in [1.807, 2.05) is 60.7 Å². The quantitative estimate of drug-likeness (QED) is 0.157. The lowest BCUT2D eigenvalue weighted by Gasteiger charge is -2.35. The third kappa shape index (κ3) is 7.01. The molecule has 4 rings (SSSR count). The number of carbonyl (C=O) groups excluding carboxylic acids is 2. The van der Waals surface area contributed by atoms with Crippen molar-refractivity contribution >= 4 is 29.3 Å².